The van der Waals surface area contributed by atoms with Gasteiger partial charge in [-0.15, -0.1) is 6.42 Å². The van der Waals surface area contributed by atoms with E-state index in [1.54, 1.807) is 6.92 Å². The monoisotopic (exact) mass is 659 g/mol. The Balaban J connectivity index is 1.21. The van der Waals surface area contributed by atoms with E-state index in [-0.39, 0.29) is 39.1 Å². The summed E-state index contributed by atoms with van der Waals surface area (Å²) in [4.78, 5) is 26.4. The van der Waals surface area contributed by atoms with E-state index in [1.807, 2.05) is 0 Å². The third kappa shape index (κ3) is 5.36. The molecule has 5 nitrogen and oxygen atoms in total. The molecule has 0 aliphatic heterocycles. The summed E-state index contributed by atoms with van der Waals surface area (Å²) in [7, 11) is 0. The van der Waals surface area contributed by atoms with Gasteiger partial charge in [-0.1, -0.05) is 72.0 Å². The standard InChI is InChI=1S/C43H65NO4/c1-10-43(19-12-11-13-20-43)44-37(47)29(4)26-35(46)48-27-42-23-16-30(28(2)3)36(42)31-14-15-33-39(7)21-18-34(45)38(5,6)32(39)17-22-41(33,9)40(31,8)24-25-42/h1,26,30-34,36,45H,2,11-25,27H2,3-9H3,(H,44,47)/b29-26+/t30-,31+,32-,33+,34-,36+,39-,40+,41+,42+/m0/s1. The van der Waals surface area contributed by atoms with Gasteiger partial charge in [0, 0.05) is 17.1 Å². The lowest BCUT2D eigenvalue weighted by Crippen LogP contribution is -2.66. The average molecular weight is 660 g/mol. The zero-order valence-corrected chi connectivity index (χ0v) is 31.3. The number of esters is 1. The van der Waals surface area contributed by atoms with Crippen LogP contribution in [-0.2, 0) is 14.3 Å². The van der Waals surface area contributed by atoms with Crippen molar-refractivity contribution in [2.24, 2.45) is 56.7 Å². The molecule has 48 heavy (non-hydrogen) atoms. The summed E-state index contributed by atoms with van der Waals surface area (Å²) in [5.41, 5.74) is 1.63. The predicted octanol–water partition coefficient (Wildman–Crippen LogP) is 8.95. The van der Waals surface area contributed by atoms with Gasteiger partial charge >= 0.3 is 5.97 Å². The summed E-state index contributed by atoms with van der Waals surface area (Å²) in [6.07, 6.45) is 23.1. The number of rotatable bonds is 6. The Labute approximate surface area is 291 Å². The van der Waals surface area contributed by atoms with E-state index in [2.05, 4.69) is 59.4 Å². The van der Waals surface area contributed by atoms with Crippen LogP contribution in [0.15, 0.2) is 23.8 Å². The number of terminal acetylenes is 1. The molecule has 6 aliphatic carbocycles. The van der Waals surface area contributed by atoms with Crippen LogP contribution in [0.5, 0.6) is 0 Å². The molecule has 266 valence electrons. The minimum atomic E-state index is -0.614. The van der Waals surface area contributed by atoms with Gasteiger partial charge in [-0.05, 0) is 142 Å². The summed E-state index contributed by atoms with van der Waals surface area (Å²) in [6, 6.07) is 0. The third-order valence-corrected chi connectivity index (χ3v) is 16.7. The summed E-state index contributed by atoms with van der Waals surface area (Å²) in [5, 5.41) is 14.1. The van der Waals surface area contributed by atoms with Crippen molar-refractivity contribution < 1.29 is 19.4 Å². The molecule has 6 rings (SSSR count). The molecule has 5 heteroatoms. The molecule has 0 aromatic carbocycles. The minimum absolute atomic E-state index is 0.0414. The SMILES string of the molecule is C#CC1(NC(=O)/C(C)=C/C(=O)OC[C@]23CC[C@@H](C(=C)C)[C@@H]2[C@H]2CC[C@@H]4[C@@]5(C)CC[C@H](O)C(C)(C)[C@@H]5CC[C@@]4(C)[C@]2(C)CC3)CCCCC1. The average Bonchev–Trinajstić information content (AvgIpc) is 3.43. The van der Waals surface area contributed by atoms with E-state index in [4.69, 9.17) is 11.2 Å². The lowest BCUT2D eigenvalue weighted by atomic mass is 9.32. The van der Waals surface area contributed by atoms with Crippen molar-refractivity contribution in [1.29, 1.82) is 0 Å². The van der Waals surface area contributed by atoms with Crippen molar-refractivity contribution in [3.05, 3.63) is 23.8 Å². The Morgan fingerprint density at radius 2 is 1.58 bits per heavy atom. The second kappa shape index (κ2) is 12.3. The minimum Gasteiger partial charge on any atom is -0.462 e. The van der Waals surface area contributed by atoms with Crippen LogP contribution in [0, 0.1) is 69.0 Å². The number of hydrogen-bond acceptors (Lipinski definition) is 4. The van der Waals surface area contributed by atoms with Crippen LogP contribution in [0.4, 0.5) is 0 Å². The second-order valence-electron chi connectivity index (χ2n) is 19.1. The highest BCUT2D eigenvalue weighted by Crippen LogP contribution is 2.77. The zero-order valence-electron chi connectivity index (χ0n) is 31.3. The molecule has 6 aliphatic rings. The molecule has 0 saturated heterocycles. The Morgan fingerprint density at radius 1 is 0.875 bits per heavy atom. The first-order chi connectivity index (χ1) is 22.5. The Hall–Kier alpha value is -2.06. The fraction of sp³-hybridized carbons (Fsp3) is 0.814. The van der Waals surface area contributed by atoms with Crippen molar-refractivity contribution >= 4 is 11.9 Å². The van der Waals surface area contributed by atoms with Crippen LogP contribution < -0.4 is 5.32 Å². The Kier molecular flexibility index (Phi) is 9.17. The molecule has 0 bridgehead atoms. The summed E-state index contributed by atoms with van der Waals surface area (Å²) in [6.45, 7) is 21.4. The zero-order chi connectivity index (χ0) is 34.9. The molecular weight excluding hydrogens is 594 g/mol. The van der Waals surface area contributed by atoms with Crippen LogP contribution >= 0.6 is 0 Å². The number of nitrogens with one attached hydrogen (secondary N) is 1. The number of carbonyl (C=O) groups is 2. The van der Waals surface area contributed by atoms with Gasteiger partial charge in [-0.2, -0.15) is 0 Å². The molecule has 2 N–H and O–H groups in total. The molecule has 0 spiro atoms. The lowest BCUT2D eigenvalue weighted by Gasteiger charge is -2.73. The van der Waals surface area contributed by atoms with E-state index in [0.717, 1.165) is 64.2 Å². The van der Waals surface area contributed by atoms with Crippen LogP contribution in [0.3, 0.4) is 0 Å². The summed E-state index contributed by atoms with van der Waals surface area (Å²) >= 11 is 0. The van der Waals surface area contributed by atoms with E-state index < -0.39 is 11.5 Å². The van der Waals surface area contributed by atoms with Crippen LogP contribution in [0.25, 0.3) is 0 Å². The van der Waals surface area contributed by atoms with Crippen molar-refractivity contribution in [1.82, 2.24) is 5.32 Å². The molecule has 1 amide bonds. The quantitative estimate of drug-likeness (QED) is 0.129. The van der Waals surface area contributed by atoms with Gasteiger partial charge < -0.3 is 15.2 Å². The number of hydrogen-bond donors (Lipinski definition) is 2. The van der Waals surface area contributed by atoms with Crippen molar-refractivity contribution in [2.75, 3.05) is 6.61 Å². The molecule has 10 atom stereocenters. The predicted molar refractivity (Wildman–Crippen MR) is 192 cm³/mol. The molecule has 0 radical (unpaired) electrons. The number of fused-ring (bicyclic) bond motifs is 7. The van der Waals surface area contributed by atoms with Crippen molar-refractivity contribution in [3.8, 4) is 12.3 Å². The lowest BCUT2D eigenvalue weighted by molar-refractivity contribution is -0.249. The Morgan fingerprint density at radius 3 is 2.25 bits per heavy atom. The van der Waals surface area contributed by atoms with Gasteiger partial charge in [0.15, 0.2) is 0 Å². The summed E-state index contributed by atoms with van der Waals surface area (Å²) in [5.74, 6) is 4.82. The smallest absolute Gasteiger partial charge is 0.331 e. The first-order valence-electron chi connectivity index (χ1n) is 19.5. The molecule has 0 unspecified atom stereocenters. The second-order valence-corrected chi connectivity index (χ2v) is 19.1. The van der Waals surface area contributed by atoms with Gasteiger partial charge in [0.25, 0.3) is 0 Å². The maximum Gasteiger partial charge on any atom is 0.331 e. The highest BCUT2D eigenvalue weighted by molar-refractivity contribution is 5.99. The van der Waals surface area contributed by atoms with Crippen LogP contribution in [-0.4, -0.2) is 35.2 Å². The number of ether oxygens (including phenoxy) is 1. The highest BCUT2D eigenvalue weighted by atomic mass is 16.5. The number of allylic oxidation sites excluding steroid dienone is 1. The Bertz CT molecular complexity index is 1380. The number of carbonyl (C=O) groups excluding carboxylic acids is 2. The molecular formula is C43H65NO4. The molecule has 0 aromatic heterocycles. The number of aliphatic hydroxyl groups is 1. The fourth-order valence-corrected chi connectivity index (χ4v) is 13.8. The van der Waals surface area contributed by atoms with Gasteiger partial charge in [-0.25, -0.2) is 4.79 Å². The number of aliphatic hydroxyl groups excluding tert-OH is 1. The normalized spacial score (nSPS) is 44.5. The maximum absolute atomic E-state index is 13.3. The van der Waals surface area contributed by atoms with Crippen molar-refractivity contribution in [2.45, 2.75) is 156 Å². The van der Waals surface area contributed by atoms with Gasteiger partial charge in [0.05, 0.1) is 12.7 Å². The van der Waals surface area contributed by atoms with E-state index in [9.17, 15) is 14.7 Å². The third-order valence-electron chi connectivity index (χ3n) is 16.7. The first kappa shape index (κ1) is 35.8. The molecule has 6 saturated carbocycles. The first-order valence-corrected chi connectivity index (χ1v) is 19.5. The topological polar surface area (TPSA) is 75.6 Å². The number of amides is 1. The molecule has 6 fully saturated rings. The van der Waals surface area contributed by atoms with E-state index in [0.29, 0.717) is 41.8 Å². The van der Waals surface area contributed by atoms with Gasteiger partial charge in [0.1, 0.15) is 5.54 Å². The van der Waals surface area contributed by atoms with Crippen LogP contribution in [0.1, 0.15) is 145 Å². The van der Waals surface area contributed by atoms with Gasteiger partial charge in [0.2, 0.25) is 5.91 Å². The van der Waals surface area contributed by atoms with Gasteiger partial charge in [-0.3, -0.25) is 4.79 Å². The molecule has 0 heterocycles. The maximum atomic E-state index is 13.3. The van der Waals surface area contributed by atoms with Crippen molar-refractivity contribution in [3.63, 3.8) is 0 Å². The largest absolute Gasteiger partial charge is 0.462 e. The highest BCUT2D eigenvalue weighted by Gasteiger charge is 2.71. The summed E-state index contributed by atoms with van der Waals surface area (Å²) < 4.78 is 6.15. The molecule has 0 aromatic rings. The van der Waals surface area contributed by atoms with Crippen LogP contribution in [0.2, 0.25) is 0 Å². The fourth-order valence-electron chi connectivity index (χ4n) is 13.8. The van der Waals surface area contributed by atoms with E-state index in [1.165, 1.54) is 43.8 Å². The van der Waals surface area contributed by atoms with E-state index >= 15 is 0 Å².